The number of aliphatic carboxylic acids is 1. The first-order valence-corrected chi connectivity index (χ1v) is 8.51. The molecule has 0 bridgehead atoms. The van der Waals surface area contributed by atoms with Gasteiger partial charge in [-0.25, -0.2) is 0 Å². The van der Waals surface area contributed by atoms with Crippen molar-refractivity contribution in [3.05, 3.63) is 54.0 Å². The van der Waals surface area contributed by atoms with Gasteiger partial charge in [-0.1, -0.05) is 6.07 Å². The van der Waals surface area contributed by atoms with E-state index in [0.717, 1.165) is 0 Å². The van der Waals surface area contributed by atoms with Crippen molar-refractivity contribution in [2.24, 2.45) is 5.92 Å². The van der Waals surface area contributed by atoms with Gasteiger partial charge in [0.1, 0.15) is 0 Å². The van der Waals surface area contributed by atoms with Crippen LogP contribution in [0.1, 0.15) is 46.6 Å². The Balaban J connectivity index is 1.58. The van der Waals surface area contributed by atoms with E-state index in [9.17, 15) is 14.4 Å². The lowest BCUT2D eigenvalue weighted by molar-refractivity contribution is -0.142. The summed E-state index contributed by atoms with van der Waals surface area (Å²) in [6.45, 7) is 0. The predicted octanol–water partition coefficient (Wildman–Crippen LogP) is 2.91. The Labute approximate surface area is 150 Å². The van der Waals surface area contributed by atoms with Crippen molar-refractivity contribution in [3.63, 3.8) is 0 Å². The molecule has 0 radical (unpaired) electrons. The summed E-state index contributed by atoms with van der Waals surface area (Å²) in [6.07, 6.45) is 3.85. The van der Waals surface area contributed by atoms with E-state index in [1.54, 1.807) is 36.4 Å². The zero-order chi connectivity index (χ0) is 18.5. The molecule has 1 heterocycles. The topological polar surface area (TPSA) is 109 Å². The van der Waals surface area contributed by atoms with Gasteiger partial charge in [-0.2, -0.15) is 0 Å². The van der Waals surface area contributed by atoms with Gasteiger partial charge in [0.05, 0.1) is 12.2 Å². The monoisotopic (exact) mass is 356 g/mol. The summed E-state index contributed by atoms with van der Waals surface area (Å²) in [5.41, 5.74) is 0.927. The Hall–Kier alpha value is -3.09. The smallest absolute Gasteiger partial charge is 0.306 e. The van der Waals surface area contributed by atoms with Gasteiger partial charge in [0.25, 0.3) is 11.8 Å². The fourth-order valence-electron chi connectivity index (χ4n) is 3.09. The lowest BCUT2D eigenvalue weighted by Gasteiger charge is -2.26. The third-order valence-electron chi connectivity index (χ3n) is 4.54. The van der Waals surface area contributed by atoms with E-state index in [0.29, 0.717) is 36.9 Å². The number of anilines is 1. The van der Waals surface area contributed by atoms with E-state index < -0.39 is 5.97 Å². The minimum absolute atomic E-state index is 0.0283. The molecule has 136 valence electrons. The Morgan fingerprint density at radius 1 is 1.00 bits per heavy atom. The number of benzene rings is 1. The average Bonchev–Trinajstić information content (AvgIpc) is 3.17. The summed E-state index contributed by atoms with van der Waals surface area (Å²) in [5.74, 6) is -1.52. The van der Waals surface area contributed by atoms with Gasteiger partial charge in [-0.15, -0.1) is 0 Å². The van der Waals surface area contributed by atoms with Crippen molar-refractivity contribution < 1.29 is 23.9 Å². The summed E-state index contributed by atoms with van der Waals surface area (Å²) in [6, 6.07) is 9.79. The zero-order valence-corrected chi connectivity index (χ0v) is 14.1. The van der Waals surface area contributed by atoms with Crippen molar-refractivity contribution in [2.75, 3.05) is 5.32 Å². The third-order valence-corrected chi connectivity index (χ3v) is 4.54. The molecular weight excluding hydrogens is 336 g/mol. The number of carbonyl (C=O) groups excluding carboxylic acids is 2. The number of carboxylic acids is 1. The Kier molecular flexibility index (Phi) is 5.36. The van der Waals surface area contributed by atoms with Gasteiger partial charge >= 0.3 is 5.97 Å². The number of carbonyl (C=O) groups is 3. The largest absolute Gasteiger partial charge is 0.481 e. The fourth-order valence-corrected chi connectivity index (χ4v) is 3.09. The molecular formula is C19H20N2O5. The first kappa shape index (κ1) is 17.7. The van der Waals surface area contributed by atoms with Crippen molar-refractivity contribution in [3.8, 4) is 0 Å². The standard InChI is InChI=1S/C19H20N2O5/c22-17(20-14-8-6-12(7-9-14)19(24)25)13-3-1-4-15(11-13)21-18(23)16-5-2-10-26-16/h1-5,10-12,14H,6-9H2,(H,20,22)(H,21,23)(H,24,25). The molecule has 3 N–H and O–H groups in total. The molecule has 0 unspecified atom stereocenters. The molecule has 2 aromatic rings. The van der Waals surface area contributed by atoms with Crippen LogP contribution in [-0.2, 0) is 4.79 Å². The maximum Gasteiger partial charge on any atom is 0.306 e. The molecule has 3 rings (SSSR count). The summed E-state index contributed by atoms with van der Waals surface area (Å²) in [5, 5.41) is 14.7. The van der Waals surface area contributed by atoms with Crippen LogP contribution in [-0.4, -0.2) is 28.9 Å². The summed E-state index contributed by atoms with van der Waals surface area (Å²) in [7, 11) is 0. The van der Waals surface area contributed by atoms with Crippen LogP contribution in [0.4, 0.5) is 5.69 Å². The van der Waals surface area contributed by atoms with E-state index in [4.69, 9.17) is 9.52 Å². The van der Waals surface area contributed by atoms with Crippen LogP contribution in [0, 0.1) is 5.92 Å². The number of carboxylic acid groups (broad SMARTS) is 1. The molecule has 7 nitrogen and oxygen atoms in total. The van der Waals surface area contributed by atoms with Gasteiger partial charge in [0.15, 0.2) is 5.76 Å². The highest BCUT2D eigenvalue weighted by molar-refractivity contribution is 6.03. The van der Waals surface area contributed by atoms with Crippen LogP contribution in [0.2, 0.25) is 0 Å². The van der Waals surface area contributed by atoms with Crippen LogP contribution < -0.4 is 10.6 Å². The number of furan rings is 1. The molecule has 1 aliphatic carbocycles. The normalized spacial score (nSPS) is 19.5. The molecule has 1 aromatic heterocycles. The van der Waals surface area contributed by atoms with Gasteiger partial charge in [-0.3, -0.25) is 14.4 Å². The summed E-state index contributed by atoms with van der Waals surface area (Å²) >= 11 is 0. The van der Waals surface area contributed by atoms with Crippen LogP contribution >= 0.6 is 0 Å². The molecule has 7 heteroatoms. The second kappa shape index (κ2) is 7.86. The van der Waals surface area contributed by atoms with Crippen molar-refractivity contribution >= 4 is 23.5 Å². The van der Waals surface area contributed by atoms with Gasteiger partial charge in [-0.05, 0) is 56.0 Å². The van der Waals surface area contributed by atoms with Crippen LogP contribution in [0.15, 0.2) is 47.1 Å². The van der Waals surface area contributed by atoms with E-state index in [-0.39, 0.29) is 29.5 Å². The van der Waals surface area contributed by atoms with Crippen LogP contribution in [0.5, 0.6) is 0 Å². The van der Waals surface area contributed by atoms with Gasteiger partial charge in [0, 0.05) is 17.3 Å². The number of hydrogen-bond donors (Lipinski definition) is 3. The quantitative estimate of drug-likeness (QED) is 0.763. The lowest BCUT2D eigenvalue weighted by atomic mass is 9.86. The minimum Gasteiger partial charge on any atom is -0.481 e. The highest BCUT2D eigenvalue weighted by Gasteiger charge is 2.26. The number of hydrogen-bond acceptors (Lipinski definition) is 4. The molecule has 1 aliphatic rings. The molecule has 0 saturated heterocycles. The first-order valence-electron chi connectivity index (χ1n) is 8.51. The zero-order valence-electron chi connectivity index (χ0n) is 14.1. The molecule has 1 fully saturated rings. The maximum atomic E-state index is 12.4. The number of rotatable bonds is 5. The predicted molar refractivity (Wildman–Crippen MR) is 94.0 cm³/mol. The van der Waals surface area contributed by atoms with E-state index >= 15 is 0 Å². The SMILES string of the molecule is O=C(NC1CCC(C(=O)O)CC1)c1cccc(NC(=O)c2ccco2)c1. The highest BCUT2D eigenvalue weighted by atomic mass is 16.4. The molecule has 0 spiro atoms. The average molecular weight is 356 g/mol. The van der Waals surface area contributed by atoms with Crippen LogP contribution in [0.3, 0.4) is 0 Å². The van der Waals surface area contributed by atoms with Crippen molar-refractivity contribution in [1.82, 2.24) is 5.32 Å². The number of nitrogens with one attached hydrogen (secondary N) is 2. The Morgan fingerprint density at radius 2 is 1.77 bits per heavy atom. The van der Waals surface area contributed by atoms with Crippen molar-refractivity contribution in [2.45, 2.75) is 31.7 Å². The second-order valence-electron chi connectivity index (χ2n) is 6.37. The second-order valence-corrected chi connectivity index (χ2v) is 6.37. The number of amides is 2. The first-order chi connectivity index (χ1) is 12.5. The van der Waals surface area contributed by atoms with Crippen molar-refractivity contribution in [1.29, 1.82) is 0 Å². The molecule has 1 aromatic carbocycles. The van der Waals surface area contributed by atoms with Crippen LogP contribution in [0.25, 0.3) is 0 Å². The lowest BCUT2D eigenvalue weighted by Crippen LogP contribution is -2.38. The Morgan fingerprint density at radius 3 is 2.42 bits per heavy atom. The minimum atomic E-state index is -0.769. The third kappa shape index (κ3) is 4.30. The molecule has 26 heavy (non-hydrogen) atoms. The molecule has 0 atom stereocenters. The Bertz CT molecular complexity index is 792. The molecule has 2 amide bonds. The van der Waals surface area contributed by atoms with E-state index in [2.05, 4.69) is 10.6 Å². The summed E-state index contributed by atoms with van der Waals surface area (Å²) in [4.78, 5) is 35.4. The highest BCUT2D eigenvalue weighted by Crippen LogP contribution is 2.24. The fraction of sp³-hybridized carbons (Fsp3) is 0.316. The van der Waals surface area contributed by atoms with Gasteiger partial charge in [0.2, 0.25) is 0 Å². The molecule has 1 saturated carbocycles. The van der Waals surface area contributed by atoms with E-state index in [1.807, 2.05) is 0 Å². The molecule has 0 aliphatic heterocycles. The maximum absolute atomic E-state index is 12.4. The van der Waals surface area contributed by atoms with Gasteiger partial charge < -0.3 is 20.2 Å². The van der Waals surface area contributed by atoms with E-state index in [1.165, 1.54) is 6.26 Å². The summed E-state index contributed by atoms with van der Waals surface area (Å²) < 4.78 is 5.04.